The number of esters is 1. The summed E-state index contributed by atoms with van der Waals surface area (Å²) in [5.41, 5.74) is 0.974. The monoisotopic (exact) mass is 236 g/mol. The maximum atomic E-state index is 11.7. The van der Waals surface area contributed by atoms with Gasteiger partial charge in [0.1, 0.15) is 11.3 Å². The molecule has 0 aliphatic heterocycles. The highest BCUT2D eigenvalue weighted by molar-refractivity contribution is 5.92. The molecule has 0 fully saturated rings. The first-order valence-corrected chi connectivity index (χ1v) is 5.44. The van der Waals surface area contributed by atoms with Gasteiger partial charge < -0.3 is 9.15 Å². The van der Waals surface area contributed by atoms with Crippen molar-refractivity contribution in [2.24, 2.45) is 0 Å². The summed E-state index contributed by atoms with van der Waals surface area (Å²) >= 11 is 0. The second-order valence-electron chi connectivity index (χ2n) is 3.64. The minimum absolute atomic E-state index is 0.285. The van der Waals surface area contributed by atoms with E-state index < -0.39 is 11.6 Å². The molecule has 0 aromatic carbocycles. The van der Waals surface area contributed by atoms with Gasteiger partial charge in [0.05, 0.1) is 6.61 Å². The Hall–Kier alpha value is -1.84. The molecular weight excluding hydrogens is 220 g/mol. The SMILES string of the molecule is C=CCc1c(C)c(C(=O)OCC)c(C)oc1=O. The van der Waals surface area contributed by atoms with Gasteiger partial charge in [-0.1, -0.05) is 6.08 Å². The predicted octanol–water partition coefficient (Wildman–Crippen LogP) is 2.16. The molecule has 0 saturated carbocycles. The molecule has 4 nitrogen and oxygen atoms in total. The minimum atomic E-state index is -0.462. The average molecular weight is 236 g/mol. The predicted molar refractivity (Wildman–Crippen MR) is 64.3 cm³/mol. The molecule has 0 atom stereocenters. The number of aryl methyl sites for hydroxylation is 1. The van der Waals surface area contributed by atoms with Crippen molar-refractivity contribution >= 4 is 5.97 Å². The summed E-state index contributed by atoms with van der Waals surface area (Å²) in [5, 5.41) is 0. The van der Waals surface area contributed by atoms with Crippen LogP contribution < -0.4 is 5.63 Å². The maximum Gasteiger partial charge on any atom is 0.341 e. The normalized spacial score (nSPS) is 10.1. The molecule has 0 N–H and O–H groups in total. The molecule has 1 aromatic rings. The van der Waals surface area contributed by atoms with Crippen LogP contribution in [-0.4, -0.2) is 12.6 Å². The molecule has 0 bridgehead atoms. The van der Waals surface area contributed by atoms with Gasteiger partial charge in [0, 0.05) is 5.56 Å². The van der Waals surface area contributed by atoms with Crippen molar-refractivity contribution < 1.29 is 13.9 Å². The van der Waals surface area contributed by atoms with Crippen molar-refractivity contribution in [1.29, 1.82) is 0 Å². The Morgan fingerprint density at radius 1 is 1.47 bits per heavy atom. The van der Waals surface area contributed by atoms with E-state index in [0.717, 1.165) is 0 Å². The van der Waals surface area contributed by atoms with Crippen molar-refractivity contribution in [3.8, 4) is 0 Å². The van der Waals surface area contributed by atoms with Gasteiger partial charge in [0.25, 0.3) is 0 Å². The van der Waals surface area contributed by atoms with Crippen LogP contribution >= 0.6 is 0 Å². The van der Waals surface area contributed by atoms with Gasteiger partial charge >= 0.3 is 11.6 Å². The van der Waals surface area contributed by atoms with Gasteiger partial charge in [-0.05, 0) is 32.8 Å². The van der Waals surface area contributed by atoms with Gasteiger partial charge in [0.15, 0.2) is 0 Å². The Morgan fingerprint density at radius 3 is 2.65 bits per heavy atom. The first-order valence-electron chi connectivity index (χ1n) is 5.44. The van der Waals surface area contributed by atoms with E-state index in [2.05, 4.69) is 6.58 Å². The average Bonchev–Trinajstić information content (AvgIpc) is 2.24. The lowest BCUT2D eigenvalue weighted by Crippen LogP contribution is -2.17. The summed E-state index contributed by atoms with van der Waals surface area (Å²) in [6.07, 6.45) is 1.98. The Labute approximate surface area is 99.9 Å². The number of hydrogen-bond acceptors (Lipinski definition) is 4. The van der Waals surface area contributed by atoms with Crippen LogP contribution in [0.2, 0.25) is 0 Å². The molecule has 0 amide bonds. The zero-order chi connectivity index (χ0) is 13.0. The fraction of sp³-hybridized carbons (Fsp3) is 0.385. The number of allylic oxidation sites excluding steroid dienone is 1. The van der Waals surface area contributed by atoms with Crippen LogP contribution in [0.4, 0.5) is 0 Å². The van der Waals surface area contributed by atoms with E-state index in [9.17, 15) is 9.59 Å². The van der Waals surface area contributed by atoms with Gasteiger partial charge in [-0.25, -0.2) is 9.59 Å². The van der Waals surface area contributed by atoms with E-state index in [4.69, 9.17) is 9.15 Å². The zero-order valence-electron chi connectivity index (χ0n) is 10.3. The summed E-state index contributed by atoms with van der Waals surface area (Å²) < 4.78 is 9.97. The molecule has 0 spiro atoms. The van der Waals surface area contributed by atoms with Crippen LogP contribution in [0.25, 0.3) is 0 Å². The van der Waals surface area contributed by atoms with Crippen LogP contribution in [0.3, 0.4) is 0 Å². The van der Waals surface area contributed by atoms with Crippen LogP contribution in [0.15, 0.2) is 21.9 Å². The Balaban J connectivity index is 3.40. The molecule has 0 aliphatic carbocycles. The van der Waals surface area contributed by atoms with E-state index in [1.807, 2.05) is 0 Å². The molecular formula is C13H16O4. The van der Waals surface area contributed by atoms with Crippen molar-refractivity contribution in [1.82, 2.24) is 0 Å². The third kappa shape index (κ3) is 2.64. The number of carbonyl (C=O) groups excluding carboxylic acids is 1. The number of ether oxygens (including phenoxy) is 1. The number of hydrogen-bond donors (Lipinski definition) is 0. The summed E-state index contributed by atoms with van der Waals surface area (Å²) in [6.45, 7) is 8.89. The summed E-state index contributed by atoms with van der Waals surface area (Å²) in [6, 6.07) is 0. The Morgan fingerprint density at radius 2 is 2.12 bits per heavy atom. The minimum Gasteiger partial charge on any atom is -0.462 e. The van der Waals surface area contributed by atoms with E-state index in [-0.39, 0.29) is 6.61 Å². The largest absolute Gasteiger partial charge is 0.462 e. The van der Waals surface area contributed by atoms with E-state index in [1.165, 1.54) is 0 Å². The van der Waals surface area contributed by atoms with Crippen LogP contribution in [0.5, 0.6) is 0 Å². The standard InChI is InChI=1S/C13H16O4/c1-5-7-10-8(3)11(13(15)16-6-2)9(4)17-12(10)14/h5H,1,6-7H2,2-4H3. The van der Waals surface area contributed by atoms with E-state index >= 15 is 0 Å². The highest BCUT2D eigenvalue weighted by atomic mass is 16.5. The van der Waals surface area contributed by atoms with Gasteiger partial charge in [-0.2, -0.15) is 0 Å². The lowest BCUT2D eigenvalue weighted by atomic mass is 10.0. The lowest BCUT2D eigenvalue weighted by Gasteiger charge is -2.10. The molecule has 92 valence electrons. The maximum absolute atomic E-state index is 11.7. The van der Waals surface area contributed by atoms with E-state index in [0.29, 0.717) is 28.9 Å². The summed E-state index contributed by atoms with van der Waals surface area (Å²) in [7, 11) is 0. The quantitative estimate of drug-likeness (QED) is 0.593. The number of rotatable bonds is 4. The third-order valence-electron chi connectivity index (χ3n) is 2.50. The second kappa shape index (κ2) is 5.48. The van der Waals surface area contributed by atoms with Crippen molar-refractivity contribution in [2.45, 2.75) is 27.2 Å². The fourth-order valence-corrected chi connectivity index (χ4v) is 1.70. The first-order chi connectivity index (χ1) is 8.02. The Kier molecular flexibility index (Phi) is 4.26. The summed E-state index contributed by atoms with van der Waals surface area (Å²) in [5.74, 6) is -0.171. The highest BCUT2D eigenvalue weighted by Gasteiger charge is 2.20. The topological polar surface area (TPSA) is 56.5 Å². The molecule has 0 aliphatic rings. The third-order valence-corrected chi connectivity index (χ3v) is 2.50. The van der Waals surface area contributed by atoms with Crippen LogP contribution in [0.1, 0.15) is 34.2 Å². The van der Waals surface area contributed by atoms with Crippen molar-refractivity contribution in [2.75, 3.05) is 6.61 Å². The number of carbonyl (C=O) groups is 1. The van der Waals surface area contributed by atoms with E-state index in [1.54, 1.807) is 26.8 Å². The molecule has 0 saturated heterocycles. The molecule has 4 heteroatoms. The molecule has 1 rings (SSSR count). The Bertz CT molecular complexity index is 497. The van der Waals surface area contributed by atoms with Crippen molar-refractivity contribution in [3.05, 3.63) is 45.5 Å². The second-order valence-corrected chi connectivity index (χ2v) is 3.64. The summed E-state index contributed by atoms with van der Waals surface area (Å²) in [4.78, 5) is 23.4. The molecule has 0 unspecified atom stereocenters. The van der Waals surface area contributed by atoms with Gasteiger partial charge in [0.2, 0.25) is 0 Å². The smallest absolute Gasteiger partial charge is 0.341 e. The molecule has 1 aromatic heterocycles. The van der Waals surface area contributed by atoms with Crippen molar-refractivity contribution in [3.63, 3.8) is 0 Å². The molecule has 1 heterocycles. The lowest BCUT2D eigenvalue weighted by molar-refractivity contribution is 0.0520. The van der Waals surface area contributed by atoms with Crippen LogP contribution in [-0.2, 0) is 11.2 Å². The fourth-order valence-electron chi connectivity index (χ4n) is 1.70. The molecule has 0 radical (unpaired) electrons. The zero-order valence-corrected chi connectivity index (χ0v) is 10.3. The molecule has 17 heavy (non-hydrogen) atoms. The van der Waals surface area contributed by atoms with Gasteiger partial charge in [-0.3, -0.25) is 0 Å². The van der Waals surface area contributed by atoms with Crippen LogP contribution in [0, 0.1) is 13.8 Å². The highest BCUT2D eigenvalue weighted by Crippen LogP contribution is 2.17. The first kappa shape index (κ1) is 13.2. The van der Waals surface area contributed by atoms with Gasteiger partial charge in [-0.15, -0.1) is 6.58 Å².